The number of nitrogens with two attached hydrogens (primary N) is 1. The van der Waals surface area contributed by atoms with Crippen molar-refractivity contribution in [3.63, 3.8) is 0 Å². The van der Waals surface area contributed by atoms with Crippen LogP contribution in [-0.2, 0) is 0 Å². The fourth-order valence-electron chi connectivity index (χ4n) is 1.36. The van der Waals surface area contributed by atoms with E-state index in [9.17, 15) is 5.11 Å². The molecule has 0 heterocycles. The smallest absolute Gasteiger partial charge is 0.137 e. The molecular formula is C11H17BrClNO3. The molecule has 0 aromatic heterocycles. The number of aliphatic hydroxyl groups excluding tert-OH is 1. The van der Waals surface area contributed by atoms with E-state index in [0.717, 1.165) is 10.0 Å². The maximum atomic E-state index is 9.45. The largest absolute Gasteiger partial charge is 0.495 e. The average Bonchev–Trinajstić information content (AvgIpc) is 2.28. The van der Waals surface area contributed by atoms with Gasteiger partial charge in [-0.1, -0.05) is 0 Å². The first-order chi connectivity index (χ1) is 7.51. The molecule has 3 N–H and O–H groups in total. The molecule has 0 aliphatic heterocycles. The van der Waals surface area contributed by atoms with Crippen LogP contribution in [0.1, 0.15) is 18.5 Å². The van der Waals surface area contributed by atoms with Gasteiger partial charge in [0.05, 0.1) is 26.4 Å². The summed E-state index contributed by atoms with van der Waals surface area (Å²) in [6, 6.07) is 3.10. The van der Waals surface area contributed by atoms with Gasteiger partial charge in [-0.2, -0.15) is 0 Å². The second-order valence-electron chi connectivity index (χ2n) is 3.51. The first-order valence-corrected chi connectivity index (χ1v) is 5.65. The standard InChI is InChI=1S/C11H16BrNO3.ClH/c1-6(14)11(13)7-4-8(15-2)10(12)9(5-7)16-3;/h4-6,11,14H,13H2,1-3H3;1H/t6-,11-;/m1./s1. The van der Waals surface area contributed by atoms with Crippen LogP contribution in [0, 0.1) is 0 Å². The van der Waals surface area contributed by atoms with Crippen LogP contribution in [0.4, 0.5) is 0 Å². The van der Waals surface area contributed by atoms with E-state index in [1.807, 2.05) is 0 Å². The summed E-state index contributed by atoms with van der Waals surface area (Å²) in [5.74, 6) is 1.26. The zero-order chi connectivity index (χ0) is 12.3. The summed E-state index contributed by atoms with van der Waals surface area (Å²) >= 11 is 3.37. The third-order valence-electron chi connectivity index (χ3n) is 2.37. The Labute approximate surface area is 116 Å². The van der Waals surface area contributed by atoms with Gasteiger partial charge in [-0.15, -0.1) is 12.4 Å². The summed E-state index contributed by atoms with van der Waals surface area (Å²) in [4.78, 5) is 0. The summed E-state index contributed by atoms with van der Waals surface area (Å²) in [5, 5.41) is 9.45. The quantitative estimate of drug-likeness (QED) is 0.891. The van der Waals surface area contributed by atoms with E-state index in [0.29, 0.717) is 11.5 Å². The highest BCUT2D eigenvalue weighted by atomic mass is 79.9. The third-order valence-corrected chi connectivity index (χ3v) is 3.15. The highest BCUT2D eigenvalue weighted by Gasteiger charge is 2.17. The Bertz CT molecular complexity index is 349. The normalized spacial score (nSPS) is 13.5. The lowest BCUT2D eigenvalue weighted by Gasteiger charge is -2.18. The summed E-state index contributed by atoms with van der Waals surface area (Å²) in [5.41, 5.74) is 6.63. The van der Waals surface area contributed by atoms with Crippen molar-refractivity contribution >= 4 is 28.3 Å². The topological polar surface area (TPSA) is 64.7 Å². The summed E-state index contributed by atoms with van der Waals surface area (Å²) < 4.78 is 11.1. The van der Waals surface area contributed by atoms with Crippen LogP contribution >= 0.6 is 28.3 Å². The van der Waals surface area contributed by atoms with Crippen molar-refractivity contribution in [1.29, 1.82) is 0 Å². The van der Waals surface area contributed by atoms with E-state index in [-0.39, 0.29) is 12.4 Å². The van der Waals surface area contributed by atoms with Gasteiger partial charge in [0.1, 0.15) is 16.0 Å². The van der Waals surface area contributed by atoms with E-state index >= 15 is 0 Å². The Morgan fingerprint density at radius 1 is 1.24 bits per heavy atom. The monoisotopic (exact) mass is 325 g/mol. The van der Waals surface area contributed by atoms with Gasteiger partial charge in [-0.3, -0.25) is 0 Å². The summed E-state index contributed by atoms with van der Waals surface area (Å²) in [6.07, 6.45) is -0.629. The lowest BCUT2D eigenvalue weighted by atomic mass is 10.0. The first-order valence-electron chi connectivity index (χ1n) is 4.86. The van der Waals surface area contributed by atoms with E-state index in [1.165, 1.54) is 0 Å². The molecule has 17 heavy (non-hydrogen) atoms. The van der Waals surface area contributed by atoms with Crippen LogP contribution in [0.25, 0.3) is 0 Å². The molecule has 0 aliphatic carbocycles. The molecule has 98 valence electrons. The number of methoxy groups -OCH3 is 2. The van der Waals surface area contributed by atoms with Crippen molar-refractivity contribution in [2.75, 3.05) is 14.2 Å². The minimum Gasteiger partial charge on any atom is -0.495 e. The van der Waals surface area contributed by atoms with Gasteiger partial charge in [0.2, 0.25) is 0 Å². The number of hydrogen-bond donors (Lipinski definition) is 2. The molecule has 0 fully saturated rings. The molecule has 6 heteroatoms. The Hall–Kier alpha value is -0.490. The van der Waals surface area contributed by atoms with Gasteiger partial charge in [0.25, 0.3) is 0 Å². The van der Waals surface area contributed by atoms with Gasteiger partial charge in [-0.05, 0) is 40.5 Å². The van der Waals surface area contributed by atoms with Gasteiger partial charge in [0, 0.05) is 0 Å². The lowest BCUT2D eigenvalue weighted by molar-refractivity contribution is 0.164. The molecule has 0 amide bonds. The zero-order valence-corrected chi connectivity index (χ0v) is 12.3. The highest BCUT2D eigenvalue weighted by molar-refractivity contribution is 9.10. The van der Waals surface area contributed by atoms with Crippen LogP contribution < -0.4 is 15.2 Å². The lowest BCUT2D eigenvalue weighted by Crippen LogP contribution is -2.23. The molecule has 0 unspecified atom stereocenters. The number of aliphatic hydroxyl groups is 1. The molecular weight excluding hydrogens is 309 g/mol. The molecule has 1 aromatic carbocycles. The molecule has 0 spiro atoms. The van der Waals surface area contributed by atoms with Crippen molar-refractivity contribution in [2.45, 2.75) is 19.1 Å². The summed E-state index contributed by atoms with van der Waals surface area (Å²) in [6.45, 7) is 1.64. The minimum atomic E-state index is -0.629. The van der Waals surface area contributed by atoms with E-state index in [4.69, 9.17) is 15.2 Å². The van der Waals surface area contributed by atoms with Gasteiger partial charge >= 0.3 is 0 Å². The molecule has 0 aliphatic rings. The van der Waals surface area contributed by atoms with Crippen molar-refractivity contribution in [3.05, 3.63) is 22.2 Å². The third kappa shape index (κ3) is 3.74. The fraction of sp³-hybridized carbons (Fsp3) is 0.455. The maximum Gasteiger partial charge on any atom is 0.137 e. The minimum absolute atomic E-state index is 0. The van der Waals surface area contributed by atoms with Crippen LogP contribution in [-0.4, -0.2) is 25.4 Å². The van der Waals surface area contributed by atoms with Gasteiger partial charge in [0.15, 0.2) is 0 Å². The number of ether oxygens (including phenoxy) is 2. The molecule has 0 saturated heterocycles. The Kier molecular flexibility index (Phi) is 6.85. The number of halogens is 2. The van der Waals surface area contributed by atoms with Gasteiger partial charge in [-0.25, -0.2) is 0 Å². The SMILES string of the molecule is COc1cc([C@H](N)[C@@H](C)O)cc(OC)c1Br.Cl. The number of hydrogen-bond acceptors (Lipinski definition) is 4. The highest BCUT2D eigenvalue weighted by Crippen LogP contribution is 2.37. The van der Waals surface area contributed by atoms with Crippen molar-refractivity contribution in [2.24, 2.45) is 5.73 Å². The second-order valence-corrected chi connectivity index (χ2v) is 4.30. The van der Waals surface area contributed by atoms with Crippen LogP contribution in [0.3, 0.4) is 0 Å². The van der Waals surface area contributed by atoms with Gasteiger partial charge < -0.3 is 20.3 Å². The van der Waals surface area contributed by atoms with E-state index in [1.54, 1.807) is 33.3 Å². The Balaban J connectivity index is 0.00000256. The van der Waals surface area contributed by atoms with Crippen LogP contribution in [0.2, 0.25) is 0 Å². The molecule has 4 nitrogen and oxygen atoms in total. The van der Waals surface area contributed by atoms with Crippen molar-refractivity contribution in [1.82, 2.24) is 0 Å². The predicted octanol–water partition coefficient (Wildman–Crippen LogP) is 2.27. The van der Waals surface area contributed by atoms with Crippen LogP contribution in [0.15, 0.2) is 16.6 Å². The molecule has 1 rings (SSSR count). The number of rotatable bonds is 4. The van der Waals surface area contributed by atoms with Crippen LogP contribution in [0.5, 0.6) is 11.5 Å². The van der Waals surface area contributed by atoms with Crippen molar-refractivity contribution < 1.29 is 14.6 Å². The zero-order valence-electron chi connectivity index (χ0n) is 9.94. The van der Waals surface area contributed by atoms with E-state index in [2.05, 4.69) is 15.9 Å². The Morgan fingerprint density at radius 2 is 1.65 bits per heavy atom. The fourth-order valence-corrected chi connectivity index (χ4v) is 1.91. The molecule has 0 bridgehead atoms. The second kappa shape index (κ2) is 7.06. The average molecular weight is 327 g/mol. The molecule has 1 aromatic rings. The molecule has 0 radical (unpaired) electrons. The summed E-state index contributed by atoms with van der Waals surface area (Å²) in [7, 11) is 3.13. The maximum absolute atomic E-state index is 9.45. The van der Waals surface area contributed by atoms with Crippen molar-refractivity contribution in [3.8, 4) is 11.5 Å². The Morgan fingerprint density at radius 3 is 1.94 bits per heavy atom. The molecule has 2 atom stereocenters. The van der Waals surface area contributed by atoms with E-state index < -0.39 is 12.1 Å². The number of benzene rings is 1. The first kappa shape index (κ1) is 16.5. The predicted molar refractivity (Wildman–Crippen MR) is 73.1 cm³/mol. The molecule has 0 saturated carbocycles.